The number of rotatable bonds is 6. The van der Waals surface area contributed by atoms with E-state index in [0.717, 1.165) is 22.7 Å². The minimum atomic E-state index is -4.74. The molecular formula is C24H15F3N2O4S3. The SMILES string of the molecule is CSc1cccc(N2C(=O)/C(=C\c3ccccc3Oc3ccc(C(F)(F)F)cc3[N+](=O)[O-])SC2=S)c1. The molecule has 0 bridgehead atoms. The van der Waals surface area contributed by atoms with E-state index >= 15 is 0 Å². The Bertz CT molecular complexity index is 1410. The number of hydrogen-bond acceptors (Lipinski definition) is 7. The number of carbonyl (C=O) groups excluding carboxylic acids is 1. The molecule has 0 radical (unpaired) electrons. The number of thioether (sulfide) groups is 2. The third-order valence-corrected chi connectivity index (χ3v) is 7.04. The molecule has 0 saturated carbocycles. The lowest BCUT2D eigenvalue weighted by molar-refractivity contribution is -0.385. The van der Waals surface area contributed by atoms with Gasteiger partial charge in [0.2, 0.25) is 5.75 Å². The van der Waals surface area contributed by atoms with Crippen molar-refractivity contribution in [3.8, 4) is 11.5 Å². The van der Waals surface area contributed by atoms with Crippen LogP contribution in [-0.2, 0) is 11.0 Å². The number of benzene rings is 3. The number of amides is 1. The number of nitrogens with zero attached hydrogens (tertiary/aromatic N) is 2. The van der Waals surface area contributed by atoms with E-state index in [0.29, 0.717) is 32.6 Å². The van der Waals surface area contributed by atoms with E-state index in [-0.39, 0.29) is 17.4 Å². The highest BCUT2D eigenvalue weighted by Crippen LogP contribution is 2.41. The van der Waals surface area contributed by atoms with Gasteiger partial charge in [-0.1, -0.05) is 48.2 Å². The van der Waals surface area contributed by atoms with Gasteiger partial charge in [-0.15, -0.1) is 11.8 Å². The lowest BCUT2D eigenvalue weighted by atomic mass is 10.1. The van der Waals surface area contributed by atoms with Gasteiger partial charge in [-0.05, 0) is 48.7 Å². The van der Waals surface area contributed by atoms with Crippen LogP contribution < -0.4 is 9.64 Å². The van der Waals surface area contributed by atoms with Gasteiger partial charge in [0.1, 0.15) is 5.75 Å². The number of para-hydroxylation sites is 1. The zero-order valence-electron chi connectivity index (χ0n) is 18.3. The highest BCUT2D eigenvalue weighted by molar-refractivity contribution is 8.27. The van der Waals surface area contributed by atoms with Gasteiger partial charge >= 0.3 is 11.9 Å². The van der Waals surface area contributed by atoms with Gasteiger partial charge in [-0.25, -0.2) is 0 Å². The summed E-state index contributed by atoms with van der Waals surface area (Å²) in [5, 5.41) is 11.4. The Morgan fingerprint density at radius 1 is 1.08 bits per heavy atom. The fourth-order valence-corrected chi connectivity index (χ4v) is 5.06. The molecule has 0 aliphatic carbocycles. The first-order valence-electron chi connectivity index (χ1n) is 10.1. The molecule has 3 aromatic rings. The Labute approximate surface area is 217 Å². The first-order valence-corrected chi connectivity index (χ1v) is 12.6. The maximum absolute atomic E-state index is 13.2. The van der Waals surface area contributed by atoms with Gasteiger partial charge < -0.3 is 4.74 Å². The van der Waals surface area contributed by atoms with Crippen LogP contribution in [0, 0.1) is 10.1 Å². The van der Waals surface area contributed by atoms with E-state index in [9.17, 15) is 28.1 Å². The van der Waals surface area contributed by atoms with Crippen LogP contribution in [-0.4, -0.2) is 21.4 Å². The molecule has 1 fully saturated rings. The number of ether oxygens (including phenoxy) is 1. The topological polar surface area (TPSA) is 72.7 Å². The number of thiocarbonyl (C=S) groups is 1. The van der Waals surface area contributed by atoms with Crippen molar-refractivity contribution in [1.82, 2.24) is 0 Å². The van der Waals surface area contributed by atoms with Crippen molar-refractivity contribution in [2.75, 3.05) is 11.2 Å². The number of nitro benzene ring substituents is 1. The van der Waals surface area contributed by atoms with Crippen molar-refractivity contribution < 1.29 is 27.6 Å². The number of halogens is 3. The summed E-state index contributed by atoms with van der Waals surface area (Å²) >= 11 is 8.03. The Balaban J connectivity index is 1.67. The monoisotopic (exact) mass is 548 g/mol. The first-order chi connectivity index (χ1) is 17.1. The van der Waals surface area contributed by atoms with Gasteiger partial charge in [0, 0.05) is 16.5 Å². The Morgan fingerprint density at radius 3 is 2.53 bits per heavy atom. The maximum Gasteiger partial charge on any atom is 0.416 e. The van der Waals surface area contributed by atoms with Crippen molar-refractivity contribution >= 4 is 63.4 Å². The van der Waals surface area contributed by atoms with Gasteiger partial charge in [0.15, 0.2) is 4.32 Å². The van der Waals surface area contributed by atoms with Crippen LogP contribution in [0.5, 0.6) is 11.5 Å². The fourth-order valence-electron chi connectivity index (χ4n) is 3.32. The van der Waals surface area contributed by atoms with Crippen LogP contribution in [0.2, 0.25) is 0 Å². The molecular weight excluding hydrogens is 533 g/mol. The summed E-state index contributed by atoms with van der Waals surface area (Å²) in [4.78, 5) is 26.3. The highest BCUT2D eigenvalue weighted by atomic mass is 32.2. The van der Waals surface area contributed by atoms with E-state index in [2.05, 4.69) is 0 Å². The molecule has 3 aromatic carbocycles. The molecule has 0 unspecified atom stereocenters. The third-order valence-electron chi connectivity index (χ3n) is 5.01. The number of alkyl halides is 3. The van der Waals surface area contributed by atoms with Crippen molar-refractivity contribution in [3.05, 3.63) is 92.9 Å². The molecule has 1 saturated heterocycles. The van der Waals surface area contributed by atoms with Crippen LogP contribution in [0.1, 0.15) is 11.1 Å². The predicted octanol–water partition coefficient (Wildman–Crippen LogP) is 7.53. The predicted molar refractivity (Wildman–Crippen MR) is 138 cm³/mol. The summed E-state index contributed by atoms with van der Waals surface area (Å²) in [6.07, 6.45) is -1.30. The molecule has 1 aliphatic rings. The van der Waals surface area contributed by atoms with Gasteiger partial charge in [0.25, 0.3) is 5.91 Å². The number of nitro groups is 1. The summed E-state index contributed by atoms with van der Waals surface area (Å²) in [5.74, 6) is -0.594. The van der Waals surface area contributed by atoms with Gasteiger partial charge in [-0.3, -0.25) is 19.8 Å². The minimum Gasteiger partial charge on any atom is -0.449 e. The number of hydrogen-bond donors (Lipinski definition) is 0. The lowest BCUT2D eigenvalue weighted by Crippen LogP contribution is -2.27. The number of anilines is 1. The van der Waals surface area contributed by atoms with E-state index in [1.54, 1.807) is 24.3 Å². The summed E-state index contributed by atoms with van der Waals surface area (Å²) in [5.41, 5.74) is -0.980. The summed E-state index contributed by atoms with van der Waals surface area (Å²) in [7, 11) is 0. The molecule has 0 aromatic heterocycles. The maximum atomic E-state index is 13.2. The van der Waals surface area contributed by atoms with Crippen LogP contribution in [0.25, 0.3) is 6.08 Å². The molecule has 184 valence electrons. The summed E-state index contributed by atoms with van der Waals surface area (Å²) in [6, 6.07) is 15.8. The quantitative estimate of drug-likeness (QED) is 0.104. The van der Waals surface area contributed by atoms with Crippen molar-refractivity contribution in [2.24, 2.45) is 0 Å². The molecule has 4 rings (SSSR count). The molecule has 1 heterocycles. The molecule has 1 aliphatic heterocycles. The average Bonchev–Trinajstić information content (AvgIpc) is 3.12. The molecule has 0 spiro atoms. The smallest absolute Gasteiger partial charge is 0.416 e. The van der Waals surface area contributed by atoms with Crippen molar-refractivity contribution in [2.45, 2.75) is 11.1 Å². The Morgan fingerprint density at radius 2 is 1.83 bits per heavy atom. The van der Waals surface area contributed by atoms with Crippen LogP contribution in [0.15, 0.2) is 76.5 Å². The Kier molecular flexibility index (Phi) is 7.38. The van der Waals surface area contributed by atoms with Crippen LogP contribution in [0.3, 0.4) is 0 Å². The minimum absolute atomic E-state index is 0.120. The van der Waals surface area contributed by atoms with E-state index in [1.165, 1.54) is 28.8 Å². The van der Waals surface area contributed by atoms with E-state index in [4.69, 9.17) is 17.0 Å². The zero-order valence-corrected chi connectivity index (χ0v) is 20.8. The Hall–Kier alpha value is -3.35. The largest absolute Gasteiger partial charge is 0.449 e. The first kappa shape index (κ1) is 25.7. The number of carbonyl (C=O) groups is 1. The summed E-state index contributed by atoms with van der Waals surface area (Å²) in [6.45, 7) is 0. The fraction of sp³-hybridized carbons (Fsp3) is 0.0833. The molecule has 0 atom stereocenters. The molecule has 36 heavy (non-hydrogen) atoms. The molecule has 0 N–H and O–H groups in total. The van der Waals surface area contributed by atoms with Crippen LogP contribution in [0.4, 0.5) is 24.5 Å². The van der Waals surface area contributed by atoms with Crippen molar-refractivity contribution in [1.29, 1.82) is 0 Å². The second kappa shape index (κ2) is 10.3. The van der Waals surface area contributed by atoms with Crippen LogP contribution >= 0.6 is 35.7 Å². The lowest BCUT2D eigenvalue weighted by Gasteiger charge is -2.15. The highest BCUT2D eigenvalue weighted by Gasteiger charge is 2.35. The zero-order chi connectivity index (χ0) is 26.0. The molecule has 6 nitrogen and oxygen atoms in total. The summed E-state index contributed by atoms with van der Waals surface area (Å²) < 4.78 is 45.1. The second-order valence-electron chi connectivity index (χ2n) is 7.30. The average molecular weight is 549 g/mol. The van der Waals surface area contributed by atoms with Crippen molar-refractivity contribution in [3.63, 3.8) is 0 Å². The normalized spacial score (nSPS) is 15.0. The second-order valence-corrected chi connectivity index (χ2v) is 9.85. The molecule has 12 heteroatoms. The van der Waals surface area contributed by atoms with E-state index < -0.39 is 22.4 Å². The van der Waals surface area contributed by atoms with Gasteiger partial charge in [-0.2, -0.15) is 13.2 Å². The molecule has 1 amide bonds. The third kappa shape index (κ3) is 5.40. The standard InChI is InChI=1S/C24H15F3N2O4S3/c1-35-17-7-4-6-16(13-17)28-22(30)21(36-23(28)34)11-14-5-2-3-8-19(14)33-20-10-9-15(24(25,26)27)12-18(20)29(31)32/h2-13H,1H3/b21-11+. The van der Waals surface area contributed by atoms with E-state index in [1.807, 2.05) is 24.5 Å². The van der Waals surface area contributed by atoms with Gasteiger partial charge in [0.05, 0.1) is 21.1 Å².